The van der Waals surface area contributed by atoms with E-state index in [-0.39, 0.29) is 6.04 Å². The van der Waals surface area contributed by atoms with Crippen molar-refractivity contribution in [2.45, 2.75) is 31.7 Å². The Bertz CT molecular complexity index is 579. The van der Waals surface area contributed by atoms with Gasteiger partial charge in [-0.25, -0.2) is 0 Å². The highest BCUT2D eigenvalue weighted by Gasteiger charge is 2.15. The van der Waals surface area contributed by atoms with Crippen LogP contribution in [-0.4, -0.2) is 0 Å². The fourth-order valence-corrected chi connectivity index (χ4v) is 4.19. The van der Waals surface area contributed by atoms with Crippen LogP contribution in [0.5, 0.6) is 0 Å². The average molecular weight is 384 g/mol. The van der Waals surface area contributed by atoms with E-state index in [1.54, 1.807) is 11.3 Å². The van der Waals surface area contributed by atoms with Crippen molar-refractivity contribution in [3.05, 3.63) is 54.8 Å². The molecular formula is C15H17IN2S. The minimum Gasteiger partial charge on any atom is -0.271 e. The van der Waals surface area contributed by atoms with E-state index in [0.717, 1.165) is 6.42 Å². The van der Waals surface area contributed by atoms with Crippen molar-refractivity contribution in [3.63, 3.8) is 0 Å². The van der Waals surface area contributed by atoms with Gasteiger partial charge in [0.2, 0.25) is 0 Å². The van der Waals surface area contributed by atoms with E-state index < -0.39 is 0 Å². The van der Waals surface area contributed by atoms with Gasteiger partial charge >= 0.3 is 0 Å². The smallest absolute Gasteiger partial charge is 0.0656 e. The Balaban J connectivity index is 1.79. The van der Waals surface area contributed by atoms with Gasteiger partial charge in [-0.15, -0.1) is 11.3 Å². The van der Waals surface area contributed by atoms with Crippen molar-refractivity contribution in [1.29, 1.82) is 0 Å². The van der Waals surface area contributed by atoms with Gasteiger partial charge in [-0.3, -0.25) is 11.3 Å². The number of aryl methyl sites for hydroxylation is 2. The largest absolute Gasteiger partial charge is 0.271 e. The Hall–Kier alpha value is -0.430. The molecule has 1 heterocycles. The molecule has 2 aromatic rings. The number of hydrazine groups is 1. The SMILES string of the molecule is NNC(Cc1ccc2c(c1)CCC2)c1csc(I)c1. The van der Waals surface area contributed by atoms with Crippen LogP contribution in [0.1, 0.15) is 34.7 Å². The average Bonchev–Trinajstić information content (AvgIpc) is 3.04. The van der Waals surface area contributed by atoms with Crippen molar-refractivity contribution in [3.8, 4) is 0 Å². The van der Waals surface area contributed by atoms with E-state index in [1.807, 2.05) is 0 Å². The minimum absolute atomic E-state index is 0.208. The topological polar surface area (TPSA) is 38.0 Å². The predicted octanol–water partition coefficient (Wildman–Crippen LogP) is 3.59. The molecule has 19 heavy (non-hydrogen) atoms. The zero-order valence-electron chi connectivity index (χ0n) is 10.7. The standard InChI is InChI=1S/C15H17IN2S/c16-15-8-13(9-19-15)14(18-17)7-10-4-5-11-2-1-3-12(11)6-10/h4-6,8-9,14,18H,1-3,7,17H2. The Morgan fingerprint density at radius 3 is 2.84 bits per heavy atom. The summed E-state index contributed by atoms with van der Waals surface area (Å²) in [6, 6.07) is 9.33. The quantitative estimate of drug-likeness (QED) is 0.480. The van der Waals surface area contributed by atoms with Gasteiger partial charge in [-0.1, -0.05) is 18.2 Å². The molecule has 0 radical (unpaired) electrons. The normalized spacial score (nSPS) is 15.5. The first-order chi connectivity index (χ1) is 9.26. The molecule has 3 rings (SSSR count). The Labute approximate surface area is 131 Å². The highest BCUT2D eigenvalue weighted by molar-refractivity contribution is 14.1. The Morgan fingerprint density at radius 2 is 2.11 bits per heavy atom. The third kappa shape index (κ3) is 3.02. The summed E-state index contributed by atoms with van der Waals surface area (Å²) in [5.41, 5.74) is 8.69. The second kappa shape index (κ2) is 5.91. The minimum atomic E-state index is 0.208. The maximum Gasteiger partial charge on any atom is 0.0656 e. The molecule has 0 spiro atoms. The number of rotatable bonds is 4. The second-order valence-corrected chi connectivity index (χ2v) is 7.87. The molecule has 100 valence electrons. The van der Waals surface area contributed by atoms with E-state index in [9.17, 15) is 0 Å². The van der Waals surface area contributed by atoms with E-state index in [1.165, 1.54) is 44.4 Å². The van der Waals surface area contributed by atoms with E-state index in [2.05, 4.69) is 57.7 Å². The number of hydrogen-bond donors (Lipinski definition) is 2. The highest BCUT2D eigenvalue weighted by atomic mass is 127. The highest BCUT2D eigenvalue weighted by Crippen LogP contribution is 2.27. The number of fused-ring (bicyclic) bond motifs is 1. The lowest BCUT2D eigenvalue weighted by Crippen LogP contribution is -2.29. The molecule has 1 atom stereocenters. The maximum atomic E-state index is 5.73. The number of nitrogens with two attached hydrogens (primary N) is 1. The lowest BCUT2D eigenvalue weighted by Gasteiger charge is -2.15. The van der Waals surface area contributed by atoms with Gasteiger partial charge < -0.3 is 0 Å². The van der Waals surface area contributed by atoms with Crippen molar-refractivity contribution in [1.82, 2.24) is 5.43 Å². The first-order valence-electron chi connectivity index (χ1n) is 6.57. The maximum absolute atomic E-state index is 5.73. The van der Waals surface area contributed by atoms with Gasteiger partial charge in [0.1, 0.15) is 0 Å². The summed E-state index contributed by atoms with van der Waals surface area (Å²) in [6.45, 7) is 0. The van der Waals surface area contributed by atoms with Gasteiger partial charge in [0.15, 0.2) is 0 Å². The number of halogens is 1. The molecule has 2 nitrogen and oxygen atoms in total. The molecule has 1 aliphatic rings. The number of thiophene rings is 1. The second-order valence-electron chi connectivity index (χ2n) is 5.06. The lowest BCUT2D eigenvalue weighted by molar-refractivity contribution is 0.553. The van der Waals surface area contributed by atoms with Gasteiger partial charge in [0, 0.05) is 0 Å². The van der Waals surface area contributed by atoms with Crippen LogP contribution in [0.3, 0.4) is 0 Å². The van der Waals surface area contributed by atoms with Gasteiger partial charge in [-0.05, 0) is 82.0 Å². The molecule has 1 aromatic carbocycles. The Morgan fingerprint density at radius 1 is 1.26 bits per heavy atom. The van der Waals surface area contributed by atoms with Gasteiger partial charge in [0.25, 0.3) is 0 Å². The molecule has 1 unspecified atom stereocenters. The molecule has 0 bridgehead atoms. The summed E-state index contributed by atoms with van der Waals surface area (Å²) >= 11 is 4.13. The zero-order valence-corrected chi connectivity index (χ0v) is 13.6. The number of nitrogens with one attached hydrogen (secondary N) is 1. The Kier molecular flexibility index (Phi) is 4.21. The third-order valence-electron chi connectivity index (χ3n) is 3.79. The van der Waals surface area contributed by atoms with E-state index in [0.29, 0.717) is 0 Å². The summed E-state index contributed by atoms with van der Waals surface area (Å²) in [7, 11) is 0. The first kappa shape index (κ1) is 13.5. The van der Waals surface area contributed by atoms with Crippen LogP contribution in [-0.2, 0) is 19.3 Å². The van der Waals surface area contributed by atoms with Crippen molar-refractivity contribution in [2.75, 3.05) is 0 Å². The van der Waals surface area contributed by atoms with Crippen molar-refractivity contribution >= 4 is 33.9 Å². The van der Waals surface area contributed by atoms with Crippen LogP contribution in [0.15, 0.2) is 29.6 Å². The summed E-state index contributed by atoms with van der Waals surface area (Å²) in [5.74, 6) is 5.73. The van der Waals surface area contributed by atoms with E-state index >= 15 is 0 Å². The number of hydrogen-bond acceptors (Lipinski definition) is 3. The van der Waals surface area contributed by atoms with Crippen LogP contribution in [0.4, 0.5) is 0 Å². The predicted molar refractivity (Wildman–Crippen MR) is 89.3 cm³/mol. The summed E-state index contributed by atoms with van der Waals surface area (Å²) in [6.07, 6.45) is 4.74. The molecule has 4 heteroatoms. The molecule has 0 aliphatic heterocycles. The fraction of sp³-hybridized carbons (Fsp3) is 0.333. The molecule has 0 saturated heterocycles. The fourth-order valence-electron chi connectivity index (χ4n) is 2.77. The summed E-state index contributed by atoms with van der Waals surface area (Å²) in [4.78, 5) is 0. The van der Waals surface area contributed by atoms with Crippen LogP contribution in [0.2, 0.25) is 0 Å². The molecule has 0 fully saturated rings. The zero-order chi connectivity index (χ0) is 13.2. The van der Waals surface area contributed by atoms with Crippen molar-refractivity contribution in [2.24, 2.45) is 5.84 Å². The molecule has 1 aliphatic carbocycles. The molecule has 3 N–H and O–H groups in total. The third-order valence-corrected chi connectivity index (χ3v) is 5.60. The van der Waals surface area contributed by atoms with Crippen LogP contribution in [0, 0.1) is 2.88 Å². The molecular weight excluding hydrogens is 367 g/mol. The first-order valence-corrected chi connectivity index (χ1v) is 8.53. The van der Waals surface area contributed by atoms with Gasteiger partial charge in [0.05, 0.1) is 8.93 Å². The molecule has 1 aromatic heterocycles. The number of benzene rings is 1. The summed E-state index contributed by atoms with van der Waals surface area (Å²) < 4.78 is 1.31. The lowest BCUT2D eigenvalue weighted by atomic mass is 9.98. The van der Waals surface area contributed by atoms with Crippen LogP contribution >= 0.6 is 33.9 Å². The molecule has 0 amide bonds. The van der Waals surface area contributed by atoms with Crippen molar-refractivity contribution < 1.29 is 0 Å². The monoisotopic (exact) mass is 384 g/mol. The van der Waals surface area contributed by atoms with E-state index in [4.69, 9.17) is 5.84 Å². The van der Waals surface area contributed by atoms with Crippen LogP contribution in [0.25, 0.3) is 0 Å². The van der Waals surface area contributed by atoms with Gasteiger partial charge in [-0.2, -0.15) is 0 Å². The summed E-state index contributed by atoms with van der Waals surface area (Å²) in [5, 5.41) is 2.19. The molecule has 0 saturated carbocycles. The van der Waals surface area contributed by atoms with Crippen LogP contribution < -0.4 is 11.3 Å².